The van der Waals surface area contributed by atoms with Crippen molar-refractivity contribution >= 4 is 40.7 Å². The van der Waals surface area contributed by atoms with Gasteiger partial charge in [0.25, 0.3) is 5.91 Å². The molecule has 2 saturated heterocycles. The summed E-state index contributed by atoms with van der Waals surface area (Å²) >= 11 is 6.49. The molecule has 0 saturated carbocycles. The minimum absolute atomic E-state index is 0.225. The predicted octanol–water partition coefficient (Wildman–Crippen LogP) is 3.20. The van der Waals surface area contributed by atoms with E-state index in [-0.39, 0.29) is 30.9 Å². The van der Waals surface area contributed by atoms with Gasteiger partial charge in [0, 0.05) is 18.8 Å². The fourth-order valence-corrected chi connectivity index (χ4v) is 6.85. The Hall–Kier alpha value is -3.46. The number of hydrogen-bond acceptors (Lipinski definition) is 5. The van der Waals surface area contributed by atoms with Gasteiger partial charge in [0.05, 0.1) is 41.3 Å². The second-order valence-electron chi connectivity index (χ2n) is 10.3. The molecule has 4 aliphatic rings. The van der Waals surface area contributed by atoms with Gasteiger partial charge in [-0.15, -0.1) is 0 Å². The Labute approximate surface area is 232 Å². The quantitative estimate of drug-likeness (QED) is 0.581. The van der Waals surface area contributed by atoms with Gasteiger partial charge in [0.1, 0.15) is 11.6 Å². The van der Waals surface area contributed by atoms with Gasteiger partial charge in [0.15, 0.2) is 0 Å². The van der Waals surface area contributed by atoms with Crippen LogP contribution in [-0.4, -0.2) is 71.2 Å². The zero-order valence-corrected chi connectivity index (χ0v) is 22.3. The lowest BCUT2D eigenvalue weighted by atomic mass is 9.77. The van der Waals surface area contributed by atoms with Gasteiger partial charge in [-0.05, 0) is 30.7 Å². The van der Waals surface area contributed by atoms with E-state index in [9.17, 15) is 19.5 Å². The van der Waals surface area contributed by atoms with E-state index in [1.807, 2.05) is 55.5 Å². The number of carbonyl (C=O) groups is 3. The summed E-state index contributed by atoms with van der Waals surface area (Å²) in [5.41, 5.74) is -0.120. The van der Waals surface area contributed by atoms with Crippen LogP contribution in [0.15, 0.2) is 78.9 Å². The van der Waals surface area contributed by atoms with Crippen LogP contribution in [0.2, 0.25) is 5.02 Å². The molecule has 1 unspecified atom stereocenters. The number of benzene rings is 2. The van der Waals surface area contributed by atoms with Gasteiger partial charge < -0.3 is 24.5 Å². The summed E-state index contributed by atoms with van der Waals surface area (Å²) in [5, 5.41) is 10.7. The van der Waals surface area contributed by atoms with E-state index in [4.69, 9.17) is 16.3 Å². The van der Waals surface area contributed by atoms with Crippen LogP contribution in [0.25, 0.3) is 0 Å². The number of rotatable bonds is 5. The summed E-state index contributed by atoms with van der Waals surface area (Å²) in [6, 6.07) is 14.7. The van der Waals surface area contributed by atoms with Gasteiger partial charge >= 0.3 is 0 Å². The van der Waals surface area contributed by atoms with Crippen LogP contribution in [0.3, 0.4) is 0 Å². The summed E-state index contributed by atoms with van der Waals surface area (Å²) in [7, 11) is 0. The third-order valence-electron chi connectivity index (χ3n) is 8.38. The highest BCUT2D eigenvalue weighted by Crippen LogP contribution is 2.54. The van der Waals surface area contributed by atoms with Gasteiger partial charge in [-0.25, -0.2) is 0 Å². The monoisotopic (exact) mass is 547 g/mol. The number of anilines is 2. The largest absolute Gasteiger partial charge is 0.394 e. The molecule has 0 aromatic heterocycles. The maximum atomic E-state index is 14.4. The molecule has 9 heteroatoms. The minimum Gasteiger partial charge on any atom is -0.394 e. The first-order valence-electron chi connectivity index (χ1n) is 13.3. The molecule has 39 heavy (non-hydrogen) atoms. The normalized spacial score (nSPS) is 30.6. The zero-order chi connectivity index (χ0) is 27.3. The van der Waals surface area contributed by atoms with E-state index in [1.54, 1.807) is 40.1 Å². The van der Waals surface area contributed by atoms with Crippen molar-refractivity contribution in [1.82, 2.24) is 4.90 Å². The molecule has 0 radical (unpaired) electrons. The summed E-state index contributed by atoms with van der Waals surface area (Å²) in [5.74, 6) is -2.70. The number of halogens is 1. The van der Waals surface area contributed by atoms with Crippen molar-refractivity contribution in [3.05, 3.63) is 83.9 Å². The van der Waals surface area contributed by atoms with Crippen molar-refractivity contribution in [2.75, 3.05) is 29.5 Å². The van der Waals surface area contributed by atoms with E-state index in [0.717, 1.165) is 5.69 Å². The first kappa shape index (κ1) is 25.8. The number of likely N-dealkylation sites (tertiary alicyclic amines) is 1. The Balaban J connectivity index is 1.48. The molecule has 6 atom stereocenters. The molecular formula is C30H30ClN3O5. The van der Waals surface area contributed by atoms with Crippen molar-refractivity contribution in [2.24, 2.45) is 11.8 Å². The summed E-state index contributed by atoms with van der Waals surface area (Å²) < 4.78 is 6.67. The maximum Gasteiger partial charge on any atom is 0.253 e. The molecule has 8 nitrogen and oxygen atoms in total. The third-order valence-corrected chi connectivity index (χ3v) is 8.70. The number of fused-ring (bicyclic) bond motifs is 2. The molecule has 3 amide bonds. The number of nitrogens with zero attached hydrogens (tertiary/aromatic N) is 3. The van der Waals surface area contributed by atoms with Gasteiger partial charge in [-0.2, -0.15) is 0 Å². The third kappa shape index (κ3) is 3.84. The predicted molar refractivity (Wildman–Crippen MR) is 147 cm³/mol. The molecule has 1 spiro atoms. The zero-order valence-electron chi connectivity index (χ0n) is 21.5. The van der Waals surface area contributed by atoms with Crippen LogP contribution >= 0.6 is 11.6 Å². The standard InChI is InChI=1S/C30H30ClN3O5/c1-2-19(18-35)34-26-29(38)33(22-13-7-6-12-21(22)31)17-9-15-30(26)25(28(34)37)24-23(39-30)14-8-16-32(27(24)36)20-10-4-3-5-11-20/h3-15,19,23-26,35H,2,16-18H2,1H3/t19-,23+,24-,25-,26?,30-/m0/s1. The van der Waals surface area contributed by atoms with Crippen LogP contribution < -0.4 is 9.80 Å². The second kappa shape index (κ2) is 9.93. The van der Waals surface area contributed by atoms with Gasteiger partial charge in [-0.1, -0.05) is 73.2 Å². The van der Waals surface area contributed by atoms with Crippen LogP contribution in [0.5, 0.6) is 0 Å². The number of hydrogen-bond donors (Lipinski definition) is 1. The highest BCUT2D eigenvalue weighted by atomic mass is 35.5. The topological polar surface area (TPSA) is 90.4 Å². The average molecular weight is 548 g/mol. The Morgan fingerprint density at radius 1 is 0.974 bits per heavy atom. The first-order valence-corrected chi connectivity index (χ1v) is 13.7. The first-order chi connectivity index (χ1) is 18.9. The van der Waals surface area contributed by atoms with Crippen molar-refractivity contribution in [3.8, 4) is 0 Å². The fourth-order valence-electron chi connectivity index (χ4n) is 6.61. The van der Waals surface area contributed by atoms with E-state index >= 15 is 0 Å². The maximum absolute atomic E-state index is 14.4. The van der Waals surface area contributed by atoms with Crippen LogP contribution in [0.1, 0.15) is 13.3 Å². The Morgan fingerprint density at radius 2 is 1.69 bits per heavy atom. The Kier molecular flexibility index (Phi) is 6.57. The molecule has 2 aromatic carbocycles. The van der Waals surface area contributed by atoms with Crippen molar-refractivity contribution < 1.29 is 24.2 Å². The van der Waals surface area contributed by atoms with Gasteiger partial charge in [0.2, 0.25) is 11.8 Å². The minimum atomic E-state index is -1.37. The molecule has 4 aliphatic heterocycles. The molecule has 2 aromatic rings. The molecule has 6 rings (SSSR count). The van der Waals surface area contributed by atoms with Crippen molar-refractivity contribution in [3.63, 3.8) is 0 Å². The fraction of sp³-hybridized carbons (Fsp3) is 0.367. The molecular weight excluding hydrogens is 518 g/mol. The van der Waals surface area contributed by atoms with Gasteiger partial charge in [-0.3, -0.25) is 14.4 Å². The number of aliphatic hydroxyl groups is 1. The molecule has 0 aliphatic carbocycles. The van der Waals surface area contributed by atoms with Crippen molar-refractivity contribution in [2.45, 2.75) is 37.1 Å². The number of ether oxygens (including phenoxy) is 1. The average Bonchev–Trinajstić information content (AvgIpc) is 3.26. The van der Waals surface area contributed by atoms with Crippen LogP contribution in [-0.2, 0) is 19.1 Å². The van der Waals surface area contributed by atoms with Crippen LogP contribution in [0, 0.1) is 11.8 Å². The molecule has 0 bridgehead atoms. The highest BCUT2D eigenvalue weighted by Gasteiger charge is 2.72. The molecule has 4 heterocycles. The lowest BCUT2D eigenvalue weighted by Gasteiger charge is -2.38. The summed E-state index contributed by atoms with van der Waals surface area (Å²) in [4.78, 5) is 47.6. The summed E-state index contributed by atoms with van der Waals surface area (Å²) in [6.07, 6.45) is 7.09. The lowest BCUT2D eigenvalue weighted by Crippen LogP contribution is -2.58. The van der Waals surface area contributed by atoms with E-state index in [1.165, 1.54) is 4.90 Å². The van der Waals surface area contributed by atoms with Crippen LogP contribution in [0.4, 0.5) is 11.4 Å². The Morgan fingerprint density at radius 3 is 2.41 bits per heavy atom. The van der Waals surface area contributed by atoms with E-state index in [2.05, 4.69) is 0 Å². The number of para-hydroxylation sites is 2. The summed E-state index contributed by atoms with van der Waals surface area (Å²) in [6.45, 7) is 2.12. The molecule has 202 valence electrons. The van der Waals surface area contributed by atoms with E-state index in [0.29, 0.717) is 23.7 Å². The molecule has 1 N–H and O–H groups in total. The number of aliphatic hydroxyl groups excluding tert-OH is 1. The number of amides is 3. The smallest absolute Gasteiger partial charge is 0.253 e. The number of carbonyl (C=O) groups excluding carboxylic acids is 3. The van der Waals surface area contributed by atoms with E-state index < -0.39 is 35.6 Å². The second-order valence-corrected chi connectivity index (χ2v) is 10.8. The van der Waals surface area contributed by atoms with Crippen molar-refractivity contribution in [1.29, 1.82) is 0 Å². The molecule has 2 fully saturated rings. The highest BCUT2D eigenvalue weighted by molar-refractivity contribution is 6.34. The SMILES string of the molecule is CC[C@@H](CO)N1C(=O)[C@@H]2[C@H]3C(=O)N(c4ccccc4)CC=C[C@H]3O[C@@]23C=CCN(c2ccccc2Cl)C(=O)C13. The Bertz CT molecular complexity index is 1360. The lowest BCUT2D eigenvalue weighted by molar-refractivity contribution is -0.144.